The van der Waals surface area contributed by atoms with Gasteiger partial charge in [0.2, 0.25) is 0 Å². The molecule has 0 radical (unpaired) electrons. The summed E-state index contributed by atoms with van der Waals surface area (Å²) in [6.45, 7) is 2.77. The van der Waals surface area contributed by atoms with E-state index in [1.165, 1.54) is 0 Å². The van der Waals surface area contributed by atoms with Crippen LogP contribution in [0, 0.1) is 0 Å². The Morgan fingerprint density at radius 1 is 1.54 bits per heavy atom. The standard InChI is InChI=1S/C9H10ClN3/c1-2-13-9(10)7-5-6(11)3-4-8(7)12-13/h3-5H,2,11H2,1H3. The van der Waals surface area contributed by atoms with Gasteiger partial charge in [-0.25, -0.2) is 0 Å². The Kier molecular flexibility index (Phi) is 1.88. The van der Waals surface area contributed by atoms with E-state index >= 15 is 0 Å². The molecule has 0 aliphatic carbocycles. The first-order valence-electron chi connectivity index (χ1n) is 4.14. The van der Waals surface area contributed by atoms with Gasteiger partial charge in [-0.2, -0.15) is 5.10 Å². The van der Waals surface area contributed by atoms with Gasteiger partial charge in [-0.05, 0) is 25.1 Å². The first kappa shape index (κ1) is 8.38. The second-order valence-electron chi connectivity index (χ2n) is 2.88. The van der Waals surface area contributed by atoms with Gasteiger partial charge in [-0.15, -0.1) is 0 Å². The molecule has 1 aromatic heterocycles. The predicted octanol–water partition coefficient (Wildman–Crippen LogP) is 2.29. The Morgan fingerprint density at radius 3 is 3.00 bits per heavy atom. The molecule has 1 heterocycles. The number of nitrogen functional groups attached to an aromatic ring is 1. The molecule has 13 heavy (non-hydrogen) atoms. The number of fused-ring (bicyclic) bond motifs is 1. The highest BCUT2D eigenvalue weighted by Gasteiger charge is 2.06. The molecule has 0 saturated carbocycles. The second kappa shape index (κ2) is 2.92. The van der Waals surface area contributed by atoms with Crippen LogP contribution in [0.25, 0.3) is 10.9 Å². The monoisotopic (exact) mass is 195 g/mol. The number of anilines is 1. The van der Waals surface area contributed by atoms with Gasteiger partial charge in [0.25, 0.3) is 0 Å². The van der Waals surface area contributed by atoms with Gasteiger partial charge in [0.1, 0.15) is 5.15 Å². The van der Waals surface area contributed by atoms with Crippen LogP contribution in [-0.4, -0.2) is 9.78 Å². The molecule has 2 N–H and O–H groups in total. The van der Waals surface area contributed by atoms with E-state index < -0.39 is 0 Å². The SMILES string of the molecule is CCn1nc2ccc(N)cc2c1Cl. The first-order chi connectivity index (χ1) is 6.22. The zero-order valence-corrected chi connectivity index (χ0v) is 8.04. The van der Waals surface area contributed by atoms with Crippen LogP contribution < -0.4 is 5.73 Å². The molecular formula is C9H10ClN3. The average Bonchev–Trinajstić information content (AvgIpc) is 2.44. The lowest BCUT2D eigenvalue weighted by Crippen LogP contribution is -1.94. The van der Waals surface area contributed by atoms with Crippen molar-refractivity contribution in [2.24, 2.45) is 0 Å². The van der Waals surface area contributed by atoms with Crippen LogP contribution in [0.5, 0.6) is 0 Å². The Hall–Kier alpha value is -1.22. The van der Waals surface area contributed by atoms with Crippen molar-refractivity contribution in [3.8, 4) is 0 Å². The van der Waals surface area contributed by atoms with Gasteiger partial charge in [0.15, 0.2) is 0 Å². The van der Waals surface area contributed by atoms with E-state index in [1.807, 2.05) is 25.1 Å². The summed E-state index contributed by atoms with van der Waals surface area (Å²) in [5, 5.41) is 5.88. The highest BCUT2D eigenvalue weighted by Crippen LogP contribution is 2.24. The number of aryl methyl sites for hydroxylation is 1. The smallest absolute Gasteiger partial charge is 0.134 e. The Morgan fingerprint density at radius 2 is 2.31 bits per heavy atom. The van der Waals surface area contributed by atoms with Crippen LogP contribution in [0.4, 0.5) is 5.69 Å². The number of rotatable bonds is 1. The highest BCUT2D eigenvalue weighted by molar-refractivity contribution is 6.34. The van der Waals surface area contributed by atoms with Crippen molar-refractivity contribution < 1.29 is 0 Å². The van der Waals surface area contributed by atoms with Crippen LogP contribution >= 0.6 is 11.6 Å². The summed E-state index contributed by atoms with van der Waals surface area (Å²) < 4.78 is 1.76. The molecule has 2 aromatic rings. The van der Waals surface area contributed by atoms with Gasteiger partial charge < -0.3 is 5.73 Å². The highest BCUT2D eigenvalue weighted by atomic mass is 35.5. The molecule has 0 unspecified atom stereocenters. The van der Waals surface area contributed by atoms with Gasteiger partial charge in [-0.3, -0.25) is 4.68 Å². The number of nitrogens with two attached hydrogens (primary N) is 1. The maximum Gasteiger partial charge on any atom is 0.134 e. The van der Waals surface area contributed by atoms with E-state index in [0.717, 1.165) is 17.4 Å². The van der Waals surface area contributed by atoms with Crippen LogP contribution in [-0.2, 0) is 6.54 Å². The minimum Gasteiger partial charge on any atom is -0.399 e. The summed E-state index contributed by atoms with van der Waals surface area (Å²) in [7, 11) is 0. The largest absolute Gasteiger partial charge is 0.399 e. The van der Waals surface area contributed by atoms with E-state index in [1.54, 1.807) is 4.68 Å². The minimum absolute atomic E-state index is 0.657. The number of halogens is 1. The summed E-state index contributed by atoms with van der Waals surface area (Å²) in [4.78, 5) is 0. The number of hydrogen-bond donors (Lipinski definition) is 1. The molecule has 68 valence electrons. The maximum atomic E-state index is 6.07. The second-order valence-corrected chi connectivity index (χ2v) is 3.24. The molecule has 0 amide bonds. The van der Waals surface area contributed by atoms with Crippen LogP contribution in [0.15, 0.2) is 18.2 Å². The minimum atomic E-state index is 0.657. The average molecular weight is 196 g/mol. The zero-order valence-electron chi connectivity index (χ0n) is 7.29. The summed E-state index contributed by atoms with van der Waals surface area (Å²) in [5.74, 6) is 0. The maximum absolute atomic E-state index is 6.07. The third-order valence-corrected chi connectivity index (χ3v) is 2.40. The van der Waals surface area contributed by atoms with Crippen molar-refractivity contribution in [3.05, 3.63) is 23.4 Å². The summed E-state index contributed by atoms with van der Waals surface area (Å²) in [6, 6.07) is 5.55. The Labute approximate surface area is 81.1 Å². The van der Waals surface area contributed by atoms with Crippen molar-refractivity contribution in [2.75, 3.05) is 5.73 Å². The van der Waals surface area contributed by atoms with Gasteiger partial charge in [0.05, 0.1) is 5.52 Å². The van der Waals surface area contributed by atoms with Gasteiger partial charge in [-0.1, -0.05) is 11.6 Å². The van der Waals surface area contributed by atoms with E-state index in [4.69, 9.17) is 17.3 Å². The zero-order chi connectivity index (χ0) is 9.42. The molecule has 0 bridgehead atoms. The molecule has 0 fully saturated rings. The van der Waals surface area contributed by atoms with E-state index in [9.17, 15) is 0 Å². The van der Waals surface area contributed by atoms with E-state index in [-0.39, 0.29) is 0 Å². The quantitative estimate of drug-likeness (QED) is 0.710. The molecule has 0 spiro atoms. The number of aromatic nitrogens is 2. The molecule has 4 heteroatoms. The number of nitrogens with zero attached hydrogens (tertiary/aromatic N) is 2. The lowest BCUT2D eigenvalue weighted by molar-refractivity contribution is 0.669. The molecule has 0 aliphatic rings. The van der Waals surface area contributed by atoms with E-state index in [0.29, 0.717) is 10.8 Å². The van der Waals surface area contributed by atoms with Crippen molar-refractivity contribution in [1.82, 2.24) is 9.78 Å². The van der Waals surface area contributed by atoms with Crippen LogP contribution in [0.3, 0.4) is 0 Å². The molecule has 0 saturated heterocycles. The topological polar surface area (TPSA) is 43.8 Å². The summed E-state index contributed by atoms with van der Waals surface area (Å²) >= 11 is 6.07. The molecule has 3 nitrogen and oxygen atoms in total. The van der Waals surface area contributed by atoms with Crippen LogP contribution in [0.1, 0.15) is 6.92 Å². The summed E-state index contributed by atoms with van der Waals surface area (Å²) in [6.07, 6.45) is 0. The molecular weight excluding hydrogens is 186 g/mol. The third-order valence-electron chi connectivity index (χ3n) is 2.00. The van der Waals surface area contributed by atoms with Gasteiger partial charge >= 0.3 is 0 Å². The molecule has 1 aromatic carbocycles. The van der Waals surface area contributed by atoms with Crippen molar-refractivity contribution in [2.45, 2.75) is 13.5 Å². The first-order valence-corrected chi connectivity index (χ1v) is 4.51. The van der Waals surface area contributed by atoms with Crippen molar-refractivity contribution >= 4 is 28.2 Å². The Balaban J connectivity index is 2.77. The Bertz CT molecular complexity index is 447. The van der Waals surface area contributed by atoms with Crippen molar-refractivity contribution in [1.29, 1.82) is 0 Å². The summed E-state index contributed by atoms with van der Waals surface area (Å²) in [5.41, 5.74) is 7.25. The fraction of sp³-hybridized carbons (Fsp3) is 0.222. The number of benzene rings is 1. The van der Waals surface area contributed by atoms with E-state index in [2.05, 4.69) is 5.10 Å². The number of hydrogen-bond acceptors (Lipinski definition) is 2. The normalized spacial score (nSPS) is 10.9. The van der Waals surface area contributed by atoms with Gasteiger partial charge in [0, 0.05) is 17.6 Å². The lowest BCUT2D eigenvalue weighted by atomic mass is 10.2. The fourth-order valence-electron chi connectivity index (χ4n) is 1.33. The molecule has 0 atom stereocenters. The fourth-order valence-corrected chi connectivity index (χ4v) is 1.64. The lowest BCUT2D eigenvalue weighted by Gasteiger charge is -1.94. The third kappa shape index (κ3) is 1.25. The predicted molar refractivity (Wildman–Crippen MR) is 54.8 cm³/mol. The van der Waals surface area contributed by atoms with Crippen molar-refractivity contribution in [3.63, 3.8) is 0 Å². The molecule has 0 aliphatic heterocycles. The van der Waals surface area contributed by atoms with Crippen LogP contribution in [0.2, 0.25) is 5.15 Å². The molecule has 2 rings (SSSR count).